The number of hydrogen-bond acceptors (Lipinski definition) is 9. The van der Waals surface area contributed by atoms with Crippen LogP contribution in [-0.2, 0) is 26.7 Å². The van der Waals surface area contributed by atoms with Gasteiger partial charge >= 0.3 is 17.9 Å². The number of rotatable bonds is 8. The molecular weight excluding hydrogens is 788 g/mol. The number of nitrogens with one attached hydrogen (secondary N) is 2. The summed E-state index contributed by atoms with van der Waals surface area (Å²) < 4.78 is 49.7. The number of urea groups is 1. The maximum absolute atomic E-state index is 14.0. The predicted molar refractivity (Wildman–Crippen MR) is 209 cm³/mol. The van der Waals surface area contributed by atoms with Crippen molar-refractivity contribution in [3.8, 4) is 28.3 Å². The quantitative estimate of drug-likeness (QED) is 0.175. The fourth-order valence-electron chi connectivity index (χ4n) is 8.45. The second-order valence-electron chi connectivity index (χ2n) is 14.6. The second kappa shape index (κ2) is 14.3. The zero-order valence-electron chi connectivity index (χ0n) is 31.0. The fourth-order valence-corrected chi connectivity index (χ4v) is 9.05. The molecule has 3 N–H and O–H groups in total. The molecule has 2 saturated heterocycles. The third-order valence-corrected chi connectivity index (χ3v) is 12.0. The number of β-amino-alcohol motifs (C(OH)–C–C–N with tert-alkyl or cyclic N) is 1. The van der Waals surface area contributed by atoms with Gasteiger partial charge in [0.15, 0.2) is 0 Å². The molecule has 5 heterocycles. The van der Waals surface area contributed by atoms with Crippen LogP contribution in [0.1, 0.15) is 35.7 Å². The number of carbonyl (C=O) groups excluding carboxylic acids is 1. The summed E-state index contributed by atoms with van der Waals surface area (Å²) in [4.78, 5) is 51.2. The standard InChI is InChI=1S/C39H37Cl2F3N8O5/c1-49-27-17-28(39(42,43)44)47-33(30(27)35(54)50(2)37(49)56)45-24-9-5-7-22(32(24)41)21-6-4-8-23(31(21)40)25-16-20-10-11-26(29(20)34(46-25)57-3)51-13-12-38(18-51)19-52(14-15-53)36(55)48-38/h4-9,16-17,26,53H,10-15,18-19H2,1-3H3,(H,45,47)(H,48,55)/t26-,38-/m1/s1. The molecule has 1 spiro atoms. The summed E-state index contributed by atoms with van der Waals surface area (Å²) in [6, 6.07) is 12.8. The molecule has 0 radical (unpaired) electrons. The van der Waals surface area contributed by atoms with Crippen molar-refractivity contribution in [1.29, 1.82) is 0 Å². The zero-order chi connectivity index (χ0) is 40.6. The van der Waals surface area contributed by atoms with Gasteiger partial charge in [-0.3, -0.25) is 18.8 Å². The monoisotopic (exact) mass is 824 g/mol. The van der Waals surface area contributed by atoms with Gasteiger partial charge in [0.1, 0.15) is 16.9 Å². The number of hydrogen-bond donors (Lipinski definition) is 3. The number of fused-ring (bicyclic) bond motifs is 2. The molecular formula is C39H37Cl2F3N8O5. The molecule has 8 rings (SSSR count). The number of aliphatic hydroxyl groups is 1. The number of aliphatic hydroxyl groups excluding tert-OH is 1. The Hall–Kier alpha value is -5.16. The van der Waals surface area contributed by atoms with Crippen LogP contribution in [0.5, 0.6) is 5.88 Å². The summed E-state index contributed by atoms with van der Waals surface area (Å²) >= 11 is 14.1. The molecule has 1 aliphatic carbocycles. The molecule has 298 valence electrons. The molecule has 0 saturated carbocycles. The number of likely N-dealkylation sites (tertiary alicyclic amines) is 1. The summed E-state index contributed by atoms with van der Waals surface area (Å²) in [7, 11) is 4.08. The number of methoxy groups -OCH3 is 1. The maximum Gasteiger partial charge on any atom is 0.433 e. The molecule has 0 unspecified atom stereocenters. The van der Waals surface area contributed by atoms with Gasteiger partial charge in [0.25, 0.3) is 5.56 Å². The van der Waals surface area contributed by atoms with Gasteiger partial charge in [-0.2, -0.15) is 13.2 Å². The van der Waals surface area contributed by atoms with Gasteiger partial charge in [0.05, 0.1) is 46.2 Å². The normalized spacial score (nSPS) is 19.5. The van der Waals surface area contributed by atoms with E-state index in [-0.39, 0.29) is 45.8 Å². The van der Waals surface area contributed by atoms with E-state index in [1.807, 2.05) is 12.1 Å². The third-order valence-electron chi connectivity index (χ3n) is 11.2. The first-order valence-corrected chi connectivity index (χ1v) is 18.9. The highest BCUT2D eigenvalue weighted by Gasteiger charge is 2.49. The summed E-state index contributed by atoms with van der Waals surface area (Å²) in [6.45, 7) is 2.18. The molecule has 2 aromatic carbocycles. The number of pyridine rings is 2. The number of carbonyl (C=O) groups is 1. The summed E-state index contributed by atoms with van der Waals surface area (Å²) in [5, 5.41) is 15.6. The van der Waals surface area contributed by atoms with Gasteiger partial charge < -0.3 is 25.4 Å². The topological polar surface area (TPSA) is 147 Å². The molecule has 3 aromatic heterocycles. The van der Waals surface area contributed by atoms with Crippen molar-refractivity contribution in [3.05, 3.63) is 96.2 Å². The van der Waals surface area contributed by atoms with Crippen LogP contribution in [0.25, 0.3) is 33.3 Å². The number of halogens is 5. The maximum atomic E-state index is 14.0. The van der Waals surface area contributed by atoms with E-state index in [1.54, 1.807) is 36.3 Å². The van der Waals surface area contributed by atoms with Crippen molar-refractivity contribution in [2.75, 3.05) is 45.2 Å². The van der Waals surface area contributed by atoms with Crippen molar-refractivity contribution in [2.45, 2.75) is 37.0 Å². The van der Waals surface area contributed by atoms with Crippen LogP contribution in [0, 0.1) is 0 Å². The van der Waals surface area contributed by atoms with E-state index >= 15 is 0 Å². The lowest BCUT2D eigenvalue weighted by Crippen LogP contribution is -2.46. The second-order valence-corrected chi connectivity index (χ2v) is 15.4. The van der Waals surface area contributed by atoms with Crippen molar-refractivity contribution in [2.24, 2.45) is 14.1 Å². The predicted octanol–water partition coefficient (Wildman–Crippen LogP) is 5.89. The zero-order valence-corrected chi connectivity index (χ0v) is 32.5. The Balaban J connectivity index is 1.13. The van der Waals surface area contributed by atoms with Crippen LogP contribution in [0.15, 0.2) is 58.1 Å². The Kier molecular flexibility index (Phi) is 9.74. The molecule has 13 nitrogen and oxygen atoms in total. The fraction of sp³-hybridized carbons (Fsp3) is 0.359. The largest absolute Gasteiger partial charge is 0.481 e. The van der Waals surface area contributed by atoms with Crippen molar-refractivity contribution < 1.29 is 27.8 Å². The van der Waals surface area contributed by atoms with Crippen LogP contribution in [0.3, 0.4) is 0 Å². The Labute approximate surface area is 333 Å². The number of ether oxygens (including phenoxy) is 1. The van der Waals surface area contributed by atoms with Gasteiger partial charge in [0.2, 0.25) is 5.88 Å². The summed E-state index contributed by atoms with van der Waals surface area (Å²) in [5.41, 5.74) is 0.764. The highest BCUT2D eigenvalue weighted by Crippen LogP contribution is 2.47. The van der Waals surface area contributed by atoms with E-state index in [1.165, 1.54) is 20.2 Å². The molecule has 57 heavy (non-hydrogen) atoms. The van der Waals surface area contributed by atoms with E-state index in [2.05, 4.69) is 20.5 Å². The number of aromatic nitrogens is 4. The van der Waals surface area contributed by atoms with Crippen LogP contribution in [0.4, 0.5) is 29.5 Å². The molecule has 3 aliphatic rings. The lowest BCUT2D eigenvalue weighted by atomic mass is 9.99. The smallest absolute Gasteiger partial charge is 0.433 e. The van der Waals surface area contributed by atoms with Crippen molar-refractivity contribution >= 4 is 51.6 Å². The molecule has 2 aliphatic heterocycles. The van der Waals surface area contributed by atoms with E-state index in [9.17, 15) is 32.7 Å². The molecule has 2 fully saturated rings. The minimum Gasteiger partial charge on any atom is -0.481 e. The Bertz CT molecular complexity index is 2600. The van der Waals surface area contributed by atoms with Gasteiger partial charge in [-0.1, -0.05) is 53.5 Å². The van der Waals surface area contributed by atoms with Crippen LogP contribution < -0.4 is 26.6 Å². The first-order chi connectivity index (χ1) is 27.1. The molecule has 18 heteroatoms. The average molecular weight is 826 g/mol. The van der Waals surface area contributed by atoms with Crippen LogP contribution in [-0.4, -0.2) is 85.5 Å². The van der Waals surface area contributed by atoms with Gasteiger partial charge in [-0.25, -0.2) is 19.6 Å². The Morgan fingerprint density at radius 2 is 1.72 bits per heavy atom. The lowest BCUT2D eigenvalue weighted by Gasteiger charge is -2.28. The minimum absolute atomic E-state index is 0.0315. The summed E-state index contributed by atoms with van der Waals surface area (Å²) in [5.74, 6) is 0.0434. The van der Waals surface area contributed by atoms with Gasteiger partial charge in [-0.15, -0.1) is 0 Å². The third kappa shape index (κ3) is 6.57. The highest BCUT2D eigenvalue weighted by atomic mass is 35.5. The number of nitrogens with zero attached hydrogens (tertiary/aromatic N) is 6. The number of aryl methyl sites for hydroxylation is 2. The lowest BCUT2D eigenvalue weighted by molar-refractivity contribution is -0.141. The van der Waals surface area contributed by atoms with Gasteiger partial charge in [0, 0.05) is 68.6 Å². The van der Waals surface area contributed by atoms with E-state index in [0.717, 1.165) is 46.1 Å². The average Bonchev–Trinajstić information content (AvgIpc) is 3.88. The minimum atomic E-state index is -4.88. The SMILES string of the molecule is COc1nc(-c2cccc(-c3cccc(Nc4nc(C(F)(F)F)cc5c4c(=O)n(C)c(=O)n5C)c3Cl)c2Cl)cc2c1[C@H](N1CC[C@]3(CN(CCO)C(=O)N3)C1)CC2. The first-order valence-electron chi connectivity index (χ1n) is 18.2. The molecule has 2 amide bonds. The van der Waals surface area contributed by atoms with Crippen LogP contribution >= 0.6 is 23.2 Å². The van der Waals surface area contributed by atoms with Crippen molar-refractivity contribution in [1.82, 2.24) is 34.2 Å². The number of amides is 2. The number of benzene rings is 2. The summed E-state index contributed by atoms with van der Waals surface area (Å²) in [6.07, 6.45) is -2.49. The van der Waals surface area contributed by atoms with E-state index in [0.29, 0.717) is 59.0 Å². The Morgan fingerprint density at radius 3 is 2.44 bits per heavy atom. The molecule has 5 aromatic rings. The van der Waals surface area contributed by atoms with E-state index in [4.69, 9.17) is 32.9 Å². The number of anilines is 2. The van der Waals surface area contributed by atoms with Crippen molar-refractivity contribution in [3.63, 3.8) is 0 Å². The Morgan fingerprint density at radius 1 is 1.00 bits per heavy atom. The number of alkyl halides is 3. The van der Waals surface area contributed by atoms with Crippen LogP contribution in [0.2, 0.25) is 10.0 Å². The van der Waals surface area contributed by atoms with Gasteiger partial charge in [-0.05, 0) is 43.0 Å². The van der Waals surface area contributed by atoms with E-state index < -0.39 is 28.9 Å². The highest BCUT2D eigenvalue weighted by molar-refractivity contribution is 6.39. The molecule has 0 bridgehead atoms. The molecule has 2 atom stereocenters. The first kappa shape index (κ1) is 38.7.